The fourth-order valence-electron chi connectivity index (χ4n) is 2.03. The highest BCUT2D eigenvalue weighted by atomic mass is 16.5. The topological polar surface area (TPSA) is 32.7 Å². The summed E-state index contributed by atoms with van der Waals surface area (Å²) >= 11 is 0. The fraction of sp³-hybridized carbons (Fsp3) is 0.625. The van der Waals surface area contributed by atoms with Crippen LogP contribution in [0.2, 0.25) is 0 Å². The van der Waals surface area contributed by atoms with Crippen LogP contribution in [0.25, 0.3) is 0 Å². The first-order valence-electron chi connectivity index (χ1n) is 6.92. The molecule has 0 bridgehead atoms. The second-order valence-electron chi connectivity index (χ2n) is 5.58. The van der Waals surface area contributed by atoms with Crippen LogP contribution in [0.3, 0.4) is 0 Å². The van der Waals surface area contributed by atoms with Crippen LogP contribution >= 0.6 is 0 Å². The van der Waals surface area contributed by atoms with E-state index in [1.54, 1.807) is 7.11 Å². The number of hydrogen-bond acceptors (Lipinski definition) is 3. The van der Waals surface area contributed by atoms with Gasteiger partial charge in [-0.05, 0) is 31.0 Å². The first-order chi connectivity index (χ1) is 8.95. The second-order valence-corrected chi connectivity index (χ2v) is 5.58. The Kier molecular flexibility index (Phi) is 6.49. The van der Waals surface area contributed by atoms with Crippen LogP contribution in [0.4, 0.5) is 0 Å². The third kappa shape index (κ3) is 4.94. The molecule has 1 N–H and O–H groups in total. The summed E-state index contributed by atoms with van der Waals surface area (Å²) in [5.74, 6) is 0.524. The molecule has 0 aliphatic heterocycles. The summed E-state index contributed by atoms with van der Waals surface area (Å²) in [5, 5.41) is 10.3. The lowest BCUT2D eigenvalue weighted by Crippen LogP contribution is -2.35. The largest absolute Gasteiger partial charge is 0.387 e. The van der Waals surface area contributed by atoms with E-state index in [1.165, 1.54) is 5.56 Å². The average molecular weight is 265 g/mol. The smallest absolute Gasteiger partial charge is 0.0916 e. The molecular formula is C16H27NO2. The first-order valence-corrected chi connectivity index (χ1v) is 6.92. The summed E-state index contributed by atoms with van der Waals surface area (Å²) in [6, 6.07) is 8.54. The van der Waals surface area contributed by atoms with Crippen LogP contribution in [0, 0.1) is 0 Å². The molecule has 0 radical (unpaired) electrons. The van der Waals surface area contributed by atoms with E-state index in [0.717, 1.165) is 5.56 Å². The predicted octanol–water partition coefficient (Wildman–Crippen LogP) is 2.81. The van der Waals surface area contributed by atoms with E-state index < -0.39 is 6.10 Å². The number of hydrogen-bond donors (Lipinski definition) is 1. The van der Waals surface area contributed by atoms with Crippen molar-refractivity contribution in [3.8, 4) is 0 Å². The van der Waals surface area contributed by atoms with Gasteiger partial charge in [-0.1, -0.05) is 38.1 Å². The third-order valence-corrected chi connectivity index (χ3v) is 3.61. The van der Waals surface area contributed by atoms with E-state index in [-0.39, 0.29) is 0 Å². The molecular weight excluding hydrogens is 238 g/mol. The number of aliphatic hydroxyl groups is 1. The number of aliphatic hydroxyl groups excluding tert-OH is 1. The van der Waals surface area contributed by atoms with Gasteiger partial charge in [-0.3, -0.25) is 4.90 Å². The predicted molar refractivity (Wildman–Crippen MR) is 79.5 cm³/mol. The summed E-state index contributed by atoms with van der Waals surface area (Å²) in [7, 11) is 3.71. The van der Waals surface area contributed by atoms with Crippen molar-refractivity contribution >= 4 is 0 Å². The van der Waals surface area contributed by atoms with E-state index in [2.05, 4.69) is 37.8 Å². The first kappa shape index (κ1) is 16.2. The fourth-order valence-corrected chi connectivity index (χ4v) is 2.03. The zero-order valence-corrected chi connectivity index (χ0v) is 12.8. The zero-order valence-electron chi connectivity index (χ0n) is 12.8. The van der Waals surface area contributed by atoms with Crippen LogP contribution < -0.4 is 0 Å². The molecule has 3 heteroatoms. The van der Waals surface area contributed by atoms with Gasteiger partial charge in [-0.15, -0.1) is 0 Å². The lowest BCUT2D eigenvalue weighted by Gasteiger charge is -2.26. The molecule has 0 saturated heterocycles. The summed E-state index contributed by atoms with van der Waals surface area (Å²) in [4.78, 5) is 2.12. The molecule has 1 aromatic carbocycles. The molecule has 0 aromatic heterocycles. The maximum Gasteiger partial charge on any atom is 0.0916 e. The molecule has 1 rings (SSSR count). The standard InChI is InChI=1S/C16H27NO2/c1-12(2)14-6-8-15(9-7-14)16(18)10-17(4)13(3)11-19-5/h6-9,12-13,16,18H,10-11H2,1-5H3. The van der Waals surface area contributed by atoms with E-state index >= 15 is 0 Å². The molecule has 0 heterocycles. The molecule has 0 aliphatic carbocycles. The van der Waals surface area contributed by atoms with Gasteiger partial charge in [0.15, 0.2) is 0 Å². The van der Waals surface area contributed by atoms with Crippen LogP contribution in [-0.4, -0.2) is 43.4 Å². The maximum atomic E-state index is 10.3. The normalized spacial score (nSPS) is 14.9. The molecule has 2 unspecified atom stereocenters. The van der Waals surface area contributed by atoms with E-state index in [4.69, 9.17) is 4.74 Å². The Hall–Kier alpha value is -0.900. The monoisotopic (exact) mass is 265 g/mol. The summed E-state index contributed by atoms with van der Waals surface area (Å²) in [5.41, 5.74) is 2.28. The van der Waals surface area contributed by atoms with Gasteiger partial charge in [-0.25, -0.2) is 0 Å². The Labute approximate surface area is 117 Å². The Morgan fingerprint density at radius 1 is 1.11 bits per heavy atom. The van der Waals surface area contributed by atoms with Crippen molar-refractivity contribution in [2.75, 3.05) is 27.3 Å². The quantitative estimate of drug-likeness (QED) is 0.823. The van der Waals surface area contributed by atoms with Crippen molar-refractivity contribution in [3.63, 3.8) is 0 Å². The lowest BCUT2D eigenvalue weighted by atomic mass is 10.00. The third-order valence-electron chi connectivity index (χ3n) is 3.61. The number of rotatable bonds is 7. The van der Waals surface area contributed by atoms with Crippen molar-refractivity contribution in [1.29, 1.82) is 0 Å². The van der Waals surface area contributed by atoms with Gasteiger partial charge in [0, 0.05) is 19.7 Å². The van der Waals surface area contributed by atoms with Crippen LogP contribution in [0.1, 0.15) is 43.9 Å². The average Bonchev–Trinajstić information content (AvgIpc) is 2.38. The van der Waals surface area contributed by atoms with Crippen LogP contribution in [-0.2, 0) is 4.74 Å². The lowest BCUT2D eigenvalue weighted by molar-refractivity contribution is 0.0709. The van der Waals surface area contributed by atoms with Gasteiger partial charge < -0.3 is 9.84 Å². The molecule has 0 spiro atoms. The Bertz CT molecular complexity index is 362. The summed E-state index contributed by atoms with van der Waals surface area (Å²) in [6.45, 7) is 7.73. The molecule has 108 valence electrons. The highest BCUT2D eigenvalue weighted by molar-refractivity contribution is 5.26. The minimum atomic E-state index is -0.453. The molecule has 3 nitrogen and oxygen atoms in total. The molecule has 0 aliphatic rings. The molecule has 0 fully saturated rings. The Morgan fingerprint density at radius 2 is 1.63 bits per heavy atom. The number of likely N-dealkylation sites (N-methyl/N-ethyl adjacent to an activating group) is 1. The summed E-state index contributed by atoms with van der Waals surface area (Å²) < 4.78 is 5.13. The van der Waals surface area contributed by atoms with E-state index in [1.807, 2.05) is 19.2 Å². The van der Waals surface area contributed by atoms with Gasteiger partial charge >= 0.3 is 0 Å². The number of ether oxygens (including phenoxy) is 1. The van der Waals surface area contributed by atoms with Crippen molar-refractivity contribution in [2.24, 2.45) is 0 Å². The number of methoxy groups -OCH3 is 1. The van der Waals surface area contributed by atoms with E-state index in [9.17, 15) is 5.11 Å². The minimum Gasteiger partial charge on any atom is -0.387 e. The van der Waals surface area contributed by atoms with Gasteiger partial charge in [0.2, 0.25) is 0 Å². The highest BCUT2D eigenvalue weighted by Gasteiger charge is 2.15. The highest BCUT2D eigenvalue weighted by Crippen LogP contribution is 2.19. The molecule has 19 heavy (non-hydrogen) atoms. The van der Waals surface area contributed by atoms with Gasteiger partial charge in [0.25, 0.3) is 0 Å². The SMILES string of the molecule is COCC(C)N(C)CC(O)c1ccc(C(C)C)cc1. The van der Waals surface area contributed by atoms with Gasteiger partial charge in [-0.2, -0.15) is 0 Å². The molecule has 2 atom stereocenters. The Morgan fingerprint density at radius 3 is 2.11 bits per heavy atom. The van der Waals surface area contributed by atoms with Crippen molar-refractivity contribution in [3.05, 3.63) is 35.4 Å². The van der Waals surface area contributed by atoms with Crippen molar-refractivity contribution in [1.82, 2.24) is 4.90 Å². The van der Waals surface area contributed by atoms with Crippen LogP contribution in [0.5, 0.6) is 0 Å². The molecule has 0 saturated carbocycles. The zero-order chi connectivity index (χ0) is 14.4. The second kappa shape index (κ2) is 7.63. The minimum absolute atomic E-state index is 0.301. The summed E-state index contributed by atoms with van der Waals surface area (Å²) in [6.07, 6.45) is -0.453. The number of nitrogens with zero attached hydrogens (tertiary/aromatic N) is 1. The molecule has 1 aromatic rings. The van der Waals surface area contributed by atoms with Crippen molar-refractivity contribution < 1.29 is 9.84 Å². The van der Waals surface area contributed by atoms with Gasteiger partial charge in [0.05, 0.1) is 12.7 Å². The molecule has 0 amide bonds. The van der Waals surface area contributed by atoms with Crippen molar-refractivity contribution in [2.45, 2.75) is 38.8 Å². The van der Waals surface area contributed by atoms with E-state index in [0.29, 0.717) is 25.1 Å². The maximum absolute atomic E-state index is 10.3. The number of benzene rings is 1. The van der Waals surface area contributed by atoms with Gasteiger partial charge in [0.1, 0.15) is 0 Å². The van der Waals surface area contributed by atoms with Crippen LogP contribution in [0.15, 0.2) is 24.3 Å². The Balaban J connectivity index is 2.60.